The van der Waals surface area contributed by atoms with Gasteiger partial charge < -0.3 is 9.64 Å². The summed E-state index contributed by atoms with van der Waals surface area (Å²) in [6.45, 7) is 0.112. The van der Waals surface area contributed by atoms with E-state index in [9.17, 15) is 9.59 Å². The van der Waals surface area contributed by atoms with E-state index in [1.807, 2.05) is 19.0 Å². The second-order valence-electron chi connectivity index (χ2n) is 5.88. The molecule has 0 fully saturated rings. The minimum absolute atomic E-state index is 0.112. The second kappa shape index (κ2) is 7.01. The van der Waals surface area contributed by atoms with Gasteiger partial charge >= 0.3 is 5.69 Å². The second-order valence-corrected chi connectivity index (χ2v) is 6.72. The van der Waals surface area contributed by atoms with Crippen LogP contribution in [0.5, 0.6) is 5.75 Å². The summed E-state index contributed by atoms with van der Waals surface area (Å²) in [5.41, 5.74) is -0.209. The van der Waals surface area contributed by atoms with Gasteiger partial charge in [-0.25, -0.2) is 9.78 Å². The van der Waals surface area contributed by atoms with Crippen LogP contribution in [-0.4, -0.2) is 35.7 Å². The normalized spacial score (nSPS) is 11.0. The number of anilines is 1. The molecular weight excluding hydrogens is 379 g/mol. The Bertz CT molecular complexity index is 1110. The van der Waals surface area contributed by atoms with E-state index in [-0.39, 0.29) is 17.0 Å². The number of aromatic amines is 1. The van der Waals surface area contributed by atoms with Gasteiger partial charge in [-0.2, -0.15) is 0 Å². The largest absolute Gasteiger partial charge is 0.497 e. The Morgan fingerprint density at radius 1 is 1.19 bits per heavy atom. The average molecular weight is 395 g/mol. The summed E-state index contributed by atoms with van der Waals surface area (Å²) >= 11 is 12.2. The first-order chi connectivity index (χ1) is 12.3. The molecular formula is C17H16Cl2N4O3. The summed E-state index contributed by atoms with van der Waals surface area (Å²) in [6, 6.07) is 6.50. The maximum Gasteiger partial charge on any atom is 0.329 e. The SMILES string of the molecule is COc1cc(Cn2c(=O)[nH]c(=O)c3c(Cl)cc(Cl)cc32)nc(N(C)C)c1. The fourth-order valence-corrected chi connectivity index (χ4v) is 3.19. The Morgan fingerprint density at radius 2 is 1.92 bits per heavy atom. The van der Waals surface area contributed by atoms with E-state index in [4.69, 9.17) is 27.9 Å². The highest BCUT2D eigenvalue weighted by Gasteiger charge is 2.14. The third-order valence-corrected chi connectivity index (χ3v) is 4.39. The number of halogens is 2. The molecule has 0 spiro atoms. The van der Waals surface area contributed by atoms with E-state index in [0.29, 0.717) is 27.8 Å². The average Bonchev–Trinajstić information content (AvgIpc) is 2.57. The fourth-order valence-electron chi connectivity index (χ4n) is 2.63. The van der Waals surface area contributed by atoms with E-state index >= 15 is 0 Å². The molecule has 0 aliphatic rings. The first kappa shape index (κ1) is 18.3. The first-order valence-corrected chi connectivity index (χ1v) is 8.40. The Balaban J connectivity index is 2.23. The van der Waals surface area contributed by atoms with E-state index in [2.05, 4.69) is 9.97 Å². The smallest absolute Gasteiger partial charge is 0.329 e. The Hall–Kier alpha value is -2.51. The van der Waals surface area contributed by atoms with Crippen molar-refractivity contribution in [1.82, 2.24) is 14.5 Å². The lowest BCUT2D eigenvalue weighted by atomic mass is 10.2. The molecule has 3 aromatic rings. The van der Waals surface area contributed by atoms with Gasteiger partial charge in [0.1, 0.15) is 11.6 Å². The molecule has 2 aromatic heterocycles. The van der Waals surface area contributed by atoms with Crippen LogP contribution in [0, 0.1) is 0 Å². The number of H-pyrrole nitrogens is 1. The highest BCUT2D eigenvalue weighted by molar-refractivity contribution is 6.38. The van der Waals surface area contributed by atoms with Crippen LogP contribution < -0.4 is 20.9 Å². The van der Waals surface area contributed by atoms with Crippen LogP contribution in [0.15, 0.2) is 33.9 Å². The number of hydrogen-bond donors (Lipinski definition) is 1. The summed E-state index contributed by atoms with van der Waals surface area (Å²) < 4.78 is 6.68. The third-order valence-electron chi connectivity index (χ3n) is 3.87. The summed E-state index contributed by atoms with van der Waals surface area (Å²) in [4.78, 5) is 33.2. The van der Waals surface area contributed by atoms with E-state index in [1.165, 1.54) is 16.7 Å². The van der Waals surface area contributed by atoms with Gasteiger partial charge in [0.25, 0.3) is 5.56 Å². The summed E-state index contributed by atoms with van der Waals surface area (Å²) in [5, 5.41) is 0.704. The number of nitrogens with zero attached hydrogens (tertiary/aromatic N) is 3. The van der Waals surface area contributed by atoms with Gasteiger partial charge in [0.05, 0.1) is 35.3 Å². The van der Waals surface area contributed by atoms with Crippen molar-refractivity contribution in [3.63, 3.8) is 0 Å². The zero-order valence-corrected chi connectivity index (χ0v) is 15.9. The van der Waals surface area contributed by atoms with Gasteiger partial charge in [0.2, 0.25) is 0 Å². The molecule has 1 N–H and O–H groups in total. The molecule has 3 rings (SSSR count). The highest BCUT2D eigenvalue weighted by Crippen LogP contribution is 2.25. The van der Waals surface area contributed by atoms with Crippen LogP contribution in [0.4, 0.5) is 5.82 Å². The number of ether oxygens (including phenoxy) is 1. The molecule has 2 heterocycles. The number of nitrogens with one attached hydrogen (secondary N) is 1. The monoisotopic (exact) mass is 394 g/mol. The molecule has 26 heavy (non-hydrogen) atoms. The summed E-state index contributed by atoms with van der Waals surface area (Å²) in [6.07, 6.45) is 0. The molecule has 0 bridgehead atoms. The fraction of sp³-hybridized carbons (Fsp3) is 0.235. The Kier molecular flexibility index (Phi) is 4.93. The zero-order valence-electron chi connectivity index (χ0n) is 14.3. The third kappa shape index (κ3) is 3.40. The van der Waals surface area contributed by atoms with E-state index in [1.54, 1.807) is 19.2 Å². The lowest BCUT2D eigenvalue weighted by molar-refractivity contribution is 0.413. The molecule has 7 nitrogen and oxygen atoms in total. The Morgan fingerprint density at radius 3 is 2.58 bits per heavy atom. The van der Waals surface area contributed by atoms with E-state index < -0.39 is 11.2 Å². The molecule has 0 aliphatic carbocycles. The molecule has 0 aliphatic heterocycles. The van der Waals surface area contributed by atoms with Gasteiger partial charge in [-0.15, -0.1) is 0 Å². The quantitative estimate of drug-likeness (QED) is 0.735. The van der Waals surface area contributed by atoms with Crippen LogP contribution in [0.3, 0.4) is 0 Å². The van der Waals surface area contributed by atoms with Crippen LogP contribution in [0.25, 0.3) is 10.9 Å². The molecule has 136 valence electrons. The minimum atomic E-state index is -0.572. The van der Waals surface area contributed by atoms with Crippen molar-refractivity contribution in [2.45, 2.75) is 6.54 Å². The van der Waals surface area contributed by atoms with Gasteiger partial charge in [0, 0.05) is 31.3 Å². The number of fused-ring (bicyclic) bond motifs is 1. The lowest BCUT2D eigenvalue weighted by Gasteiger charge is -2.16. The highest BCUT2D eigenvalue weighted by atomic mass is 35.5. The number of hydrogen-bond acceptors (Lipinski definition) is 5. The van der Waals surface area contributed by atoms with Crippen LogP contribution >= 0.6 is 23.2 Å². The predicted molar refractivity (Wildman–Crippen MR) is 103 cm³/mol. The van der Waals surface area contributed by atoms with Gasteiger partial charge in [-0.1, -0.05) is 23.2 Å². The standard InChI is InChI=1S/C17H16Cl2N4O3/c1-22(2)14-7-11(26-3)6-10(20-14)8-23-13-5-9(18)4-12(19)15(13)16(24)21-17(23)25/h4-7H,8H2,1-3H3,(H,21,24,25). The maximum atomic E-state index is 12.4. The number of aromatic nitrogens is 3. The van der Waals surface area contributed by atoms with Crippen molar-refractivity contribution in [2.24, 2.45) is 0 Å². The van der Waals surface area contributed by atoms with Crippen LogP contribution in [-0.2, 0) is 6.54 Å². The molecule has 0 unspecified atom stereocenters. The maximum absolute atomic E-state index is 12.4. The number of methoxy groups -OCH3 is 1. The number of rotatable bonds is 4. The van der Waals surface area contributed by atoms with Crippen molar-refractivity contribution < 1.29 is 4.74 Å². The van der Waals surface area contributed by atoms with E-state index in [0.717, 1.165) is 0 Å². The Labute approximate surface area is 158 Å². The van der Waals surface area contributed by atoms with Crippen molar-refractivity contribution >= 4 is 39.9 Å². The van der Waals surface area contributed by atoms with Crippen molar-refractivity contribution in [3.05, 3.63) is 60.8 Å². The summed E-state index contributed by atoms with van der Waals surface area (Å²) in [7, 11) is 5.26. The van der Waals surface area contributed by atoms with Gasteiger partial charge in [-0.3, -0.25) is 14.3 Å². The number of pyridine rings is 1. The first-order valence-electron chi connectivity index (χ1n) is 7.64. The molecule has 0 atom stereocenters. The molecule has 0 saturated carbocycles. The van der Waals surface area contributed by atoms with Crippen molar-refractivity contribution in [3.8, 4) is 5.75 Å². The molecule has 0 amide bonds. The van der Waals surface area contributed by atoms with Crippen molar-refractivity contribution in [1.29, 1.82) is 0 Å². The van der Waals surface area contributed by atoms with Gasteiger partial charge in [-0.05, 0) is 12.1 Å². The number of benzene rings is 1. The molecule has 0 saturated heterocycles. The topological polar surface area (TPSA) is 80.2 Å². The molecule has 0 radical (unpaired) electrons. The van der Waals surface area contributed by atoms with Crippen LogP contribution in [0.1, 0.15) is 5.69 Å². The minimum Gasteiger partial charge on any atom is -0.497 e. The zero-order chi connectivity index (χ0) is 19.0. The van der Waals surface area contributed by atoms with Gasteiger partial charge in [0.15, 0.2) is 0 Å². The molecule has 9 heteroatoms. The van der Waals surface area contributed by atoms with Crippen LogP contribution in [0.2, 0.25) is 10.0 Å². The lowest BCUT2D eigenvalue weighted by Crippen LogP contribution is -2.31. The summed E-state index contributed by atoms with van der Waals surface area (Å²) in [5.74, 6) is 1.29. The van der Waals surface area contributed by atoms with Crippen molar-refractivity contribution in [2.75, 3.05) is 26.1 Å². The predicted octanol–water partition coefficient (Wildman–Crippen LogP) is 2.51. The molecule has 1 aromatic carbocycles.